The van der Waals surface area contributed by atoms with Gasteiger partial charge in [-0.15, -0.1) is 0 Å². The van der Waals surface area contributed by atoms with Crippen LogP contribution in [0, 0.1) is 11.3 Å². The van der Waals surface area contributed by atoms with Crippen molar-refractivity contribution in [1.82, 2.24) is 14.5 Å². The summed E-state index contributed by atoms with van der Waals surface area (Å²) >= 11 is 0.691. The number of nitrogens with one attached hydrogen (secondary N) is 1. The van der Waals surface area contributed by atoms with Crippen molar-refractivity contribution in [3.63, 3.8) is 0 Å². The molecule has 1 unspecified atom stereocenters. The van der Waals surface area contributed by atoms with E-state index in [-0.39, 0.29) is 29.3 Å². The molecule has 112 valence electrons. The Morgan fingerprint density at radius 1 is 1.62 bits per heavy atom. The first-order valence-electron chi connectivity index (χ1n) is 5.96. The molecule has 10 heteroatoms. The van der Waals surface area contributed by atoms with Crippen LogP contribution in [0.1, 0.15) is 12.5 Å². The van der Waals surface area contributed by atoms with Gasteiger partial charge in [-0.3, -0.25) is 19.1 Å². The van der Waals surface area contributed by atoms with Gasteiger partial charge in [0, 0.05) is 13.5 Å². The van der Waals surface area contributed by atoms with E-state index in [9.17, 15) is 14.9 Å². The molecule has 0 amide bonds. The number of thiazole rings is 1. The fourth-order valence-electron chi connectivity index (χ4n) is 1.93. The molecular weight excluding hydrogens is 298 g/mol. The maximum absolute atomic E-state index is 12.1. The lowest BCUT2D eigenvalue weighted by atomic mass is 10.1. The lowest BCUT2D eigenvalue weighted by Gasteiger charge is -2.16. The third-order valence-electron chi connectivity index (χ3n) is 2.98. The molecule has 2 heterocycles. The van der Waals surface area contributed by atoms with Crippen molar-refractivity contribution >= 4 is 27.6 Å². The van der Waals surface area contributed by atoms with Gasteiger partial charge in [0.1, 0.15) is 10.7 Å². The molecule has 0 saturated heterocycles. The minimum atomic E-state index is -0.919. The predicted molar refractivity (Wildman–Crippen MR) is 76.1 cm³/mol. The first kappa shape index (κ1) is 15.2. The first-order valence-corrected chi connectivity index (χ1v) is 6.77. The summed E-state index contributed by atoms with van der Waals surface area (Å²) < 4.78 is 6.21. The number of nitrogens with zero attached hydrogens (tertiary/aromatic N) is 3. The van der Waals surface area contributed by atoms with Gasteiger partial charge in [0.05, 0.1) is 18.8 Å². The minimum absolute atomic E-state index is 0.0607. The number of methoxy groups -OCH3 is 1. The summed E-state index contributed by atoms with van der Waals surface area (Å²) in [4.78, 5) is 29.5. The van der Waals surface area contributed by atoms with E-state index >= 15 is 0 Å². The lowest BCUT2D eigenvalue weighted by Crippen LogP contribution is -2.26. The molecule has 0 aromatic carbocycles. The van der Waals surface area contributed by atoms with E-state index in [1.165, 1.54) is 7.11 Å². The molecule has 0 fully saturated rings. The molecule has 0 radical (unpaired) electrons. The number of hydrogen-bond acceptors (Lipinski definition) is 8. The average Bonchev–Trinajstić information content (AvgIpc) is 2.78. The predicted octanol–water partition coefficient (Wildman–Crippen LogP) is -0.809. The number of aliphatic hydroxyl groups is 1. The second-order valence-electron chi connectivity index (χ2n) is 4.26. The molecule has 0 aliphatic rings. The van der Waals surface area contributed by atoms with Gasteiger partial charge in [-0.25, -0.2) is 0 Å². The Kier molecular flexibility index (Phi) is 4.37. The number of anilines is 1. The fourth-order valence-corrected chi connectivity index (χ4v) is 2.80. The summed E-state index contributed by atoms with van der Waals surface area (Å²) in [5, 5.41) is 18.4. The smallest absolute Gasteiger partial charge is 0.310 e. The Balaban J connectivity index is 2.59. The second kappa shape index (κ2) is 6.04. The van der Waals surface area contributed by atoms with Crippen LogP contribution in [0.2, 0.25) is 0 Å². The normalized spacial score (nSPS) is 14.0. The van der Waals surface area contributed by atoms with Crippen molar-refractivity contribution in [2.24, 2.45) is 0 Å². The van der Waals surface area contributed by atoms with Crippen LogP contribution < -0.4 is 16.2 Å². The highest BCUT2D eigenvalue weighted by Crippen LogP contribution is 2.20. The first-order chi connectivity index (χ1) is 10.0. The molecule has 0 aliphatic carbocycles. The number of nitriles is 1. The van der Waals surface area contributed by atoms with E-state index in [2.05, 4.69) is 9.97 Å². The molecular formula is C11H13N5O4S. The van der Waals surface area contributed by atoms with Crippen LogP contribution in [0.5, 0.6) is 0 Å². The van der Waals surface area contributed by atoms with Crippen LogP contribution in [0.25, 0.3) is 10.3 Å². The van der Waals surface area contributed by atoms with Crippen molar-refractivity contribution in [3.8, 4) is 6.07 Å². The molecule has 2 atom stereocenters. The van der Waals surface area contributed by atoms with Crippen LogP contribution in [-0.2, 0) is 4.74 Å². The monoisotopic (exact) mass is 311 g/mol. The highest BCUT2D eigenvalue weighted by atomic mass is 32.1. The van der Waals surface area contributed by atoms with E-state index in [1.807, 2.05) is 6.07 Å². The van der Waals surface area contributed by atoms with Gasteiger partial charge in [-0.2, -0.15) is 10.2 Å². The molecule has 0 spiro atoms. The van der Waals surface area contributed by atoms with E-state index < -0.39 is 22.6 Å². The molecule has 0 saturated carbocycles. The van der Waals surface area contributed by atoms with Gasteiger partial charge < -0.3 is 15.6 Å². The lowest BCUT2D eigenvalue weighted by molar-refractivity contribution is 0.0374. The van der Waals surface area contributed by atoms with Crippen molar-refractivity contribution in [3.05, 3.63) is 20.0 Å². The molecule has 9 nitrogen and oxygen atoms in total. The van der Waals surface area contributed by atoms with E-state index in [1.54, 1.807) is 0 Å². The SMILES string of the molecule is COC(CO)C[C@@H](C#N)n1c(=O)sc2c(=O)[nH]c(N)nc21. The Labute approximate surface area is 122 Å². The number of hydrogen-bond donors (Lipinski definition) is 3. The molecule has 0 bridgehead atoms. The zero-order chi connectivity index (χ0) is 15.6. The quantitative estimate of drug-likeness (QED) is 0.654. The zero-order valence-corrected chi connectivity index (χ0v) is 11.9. The molecule has 2 rings (SSSR count). The van der Waals surface area contributed by atoms with E-state index in [0.29, 0.717) is 11.3 Å². The topological polar surface area (TPSA) is 147 Å². The molecule has 2 aromatic heterocycles. The second-order valence-corrected chi connectivity index (χ2v) is 5.22. The van der Waals surface area contributed by atoms with Gasteiger partial charge in [0.15, 0.2) is 5.65 Å². The molecule has 0 aliphatic heterocycles. The highest BCUT2D eigenvalue weighted by Gasteiger charge is 2.23. The Morgan fingerprint density at radius 2 is 2.33 bits per heavy atom. The molecule has 21 heavy (non-hydrogen) atoms. The maximum atomic E-state index is 12.1. The summed E-state index contributed by atoms with van der Waals surface area (Å²) in [6.07, 6.45) is -0.514. The fraction of sp³-hybridized carbons (Fsp3) is 0.455. The Bertz CT molecular complexity index is 798. The summed E-state index contributed by atoms with van der Waals surface area (Å²) in [6, 6.07) is 1.04. The number of nitrogens with two attached hydrogens (primary N) is 1. The highest BCUT2D eigenvalue weighted by molar-refractivity contribution is 7.16. The van der Waals surface area contributed by atoms with Crippen LogP contribution in [-0.4, -0.2) is 39.5 Å². The number of aliphatic hydroxyl groups excluding tert-OH is 1. The Morgan fingerprint density at radius 3 is 2.90 bits per heavy atom. The van der Waals surface area contributed by atoms with E-state index in [4.69, 9.17) is 15.6 Å². The van der Waals surface area contributed by atoms with Gasteiger partial charge in [-0.1, -0.05) is 11.3 Å². The molecule has 4 N–H and O–H groups in total. The van der Waals surface area contributed by atoms with Crippen molar-refractivity contribution in [2.75, 3.05) is 19.5 Å². The number of aromatic nitrogens is 3. The maximum Gasteiger partial charge on any atom is 0.310 e. The van der Waals surface area contributed by atoms with Crippen LogP contribution in [0.4, 0.5) is 5.95 Å². The summed E-state index contributed by atoms with van der Waals surface area (Å²) in [5.41, 5.74) is 5.01. The van der Waals surface area contributed by atoms with Gasteiger partial charge in [0.2, 0.25) is 5.95 Å². The summed E-state index contributed by atoms with van der Waals surface area (Å²) in [5.74, 6) is -0.138. The van der Waals surface area contributed by atoms with Crippen LogP contribution in [0.3, 0.4) is 0 Å². The number of H-pyrrole nitrogens is 1. The van der Waals surface area contributed by atoms with Crippen molar-refractivity contribution in [2.45, 2.75) is 18.6 Å². The largest absolute Gasteiger partial charge is 0.394 e. The number of ether oxygens (including phenoxy) is 1. The number of aromatic amines is 1. The van der Waals surface area contributed by atoms with Gasteiger partial charge >= 0.3 is 4.87 Å². The third kappa shape index (κ3) is 2.80. The van der Waals surface area contributed by atoms with Crippen LogP contribution >= 0.6 is 11.3 Å². The molecule has 2 aromatic rings. The van der Waals surface area contributed by atoms with E-state index in [0.717, 1.165) is 4.57 Å². The number of nitrogen functional groups attached to an aromatic ring is 1. The van der Waals surface area contributed by atoms with Gasteiger partial charge in [-0.05, 0) is 0 Å². The zero-order valence-electron chi connectivity index (χ0n) is 11.1. The van der Waals surface area contributed by atoms with Crippen LogP contribution in [0.15, 0.2) is 9.59 Å². The van der Waals surface area contributed by atoms with Crippen molar-refractivity contribution in [1.29, 1.82) is 5.26 Å². The van der Waals surface area contributed by atoms with Crippen molar-refractivity contribution < 1.29 is 9.84 Å². The standard InChI is InChI=1S/C11H13N5O4S/c1-20-6(4-17)2-5(3-12)16-8-7(21-11(16)19)9(18)15-10(13)14-8/h5-6,17H,2,4H2,1H3,(H3,13,14,15,18)/t5-,6?/m0/s1. The minimum Gasteiger partial charge on any atom is -0.394 e. The number of fused-ring (bicyclic) bond motifs is 1. The average molecular weight is 311 g/mol. The van der Waals surface area contributed by atoms with Gasteiger partial charge in [0.25, 0.3) is 5.56 Å². The summed E-state index contributed by atoms with van der Waals surface area (Å²) in [6.45, 7) is -0.290. The third-order valence-corrected chi connectivity index (χ3v) is 3.92. The summed E-state index contributed by atoms with van der Waals surface area (Å²) in [7, 11) is 1.39. The Hall–Kier alpha value is -2.22. The number of rotatable bonds is 5.